The maximum Gasteiger partial charge on any atom is 0.236 e. The number of rotatable bonds is 7. The van der Waals surface area contributed by atoms with Crippen molar-refractivity contribution in [2.45, 2.75) is 12.7 Å². The van der Waals surface area contributed by atoms with E-state index in [1.807, 2.05) is 13.0 Å². The molecule has 4 rings (SSSR count). The van der Waals surface area contributed by atoms with Crippen LogP contribution in [-0.4, -0.2) is 44.7 Å². The molecule has 1 fully saturated rings. The number of ether oxygens (including phenoxy) is 1. The number of nitrogens with one attached hydrogen (secondary N) is 2. The van der Waals surface area contributed by atoms with Crippen molar-refractivity contribution in [3.05, 3.63) is 71.4 Å². The minimum atomic E-state index is -3.86. The van der Waals surface area contributed by atoms with E-state index in [0.717, 1.165) is 36.7 Å². The van der Waals surface area contributed by atoms with Gasteiger partial charge in [0, 0.05) is 42.3 Å². The predicted octanol–water partition coefficient (Wildman–Crippen LogP) is 3.59. The van der Waals surface area contributed by atoms with E-state index in [0.29, 0.717) is 36.6 Å². The molecule has 0 aliphatic carbocycles. The third-order valence-electron chi connectivity index (χ3n) is 4.87. The third-order valence-corrected chi connectivity index (χ3v) is 6.13. The normalized spacial score (nSPS) is 14.2. The summed E-state index contributed by atoms with van der Waals surface area (Å²) in [7, 11) is -3.86. The Balaban J connectivity index is 1.42. The number of hydrogen-bond acceptors (Lipinski definition) is 7. The second-order valence-corrected chi connectivity index (χ2v) is 9.35. The van der Waals surface area contributed by atoms with Gasteiger partial charge in [-0.3, -0.25) is 4.72 Å². The van der Waals surface area contributed by atoms with Crippen molar-refractivity contribution in [1.82, 2.24) is 9.97 Å². The molecule has 33 heavy (non-hydrogen) atoms. The summed E-state index contributed by atoms with van der Waals surface area (Å²) in [4.78, 5) is 11.1. The molecule has 0 spiro atoms. The fourth-order valence-electron chi connectivity index (χ4n) is 3.44. The molecule has 1 aromatic heterocycles. The Kier molecular flexibility index (Phi) is 6.70. The molecule has 2 heterocycles. The molecule has 174 valence electrons. The molecule has 2 aromatic carbocycles. The van der Waals surface area contributed by atoms with Crippen molar-refractivity contribution < 1.29 is 21.9 Å². The van der Waals surface area contributed by atoms with E-state index in [4.69, 9.17) is 4.74 Å². The van der Waals surface area contributed by atoms with Gasteiger partial charge in [0.15, 0.2) is 0 Å². The molecule has 11 heteroatoms. The fraction of sp³-hybridized carbons (Fsp3) is 0.273. The summed E-state index contributed by atoms with van der Waals surface area (Å²) >= 11 is 0. The van der Waals surface area contributed by atoms with Crippen molar-refractivity contribution in [2.75, 3.05) is 41.2 Å². The highest BCUT2D eigenvalue weighted by molar-refractivity contribution is 7.91. The maximum atomic E-state index is 13.3. The first-order valence-electron chi connectivity index (χ1n) is 10.3. The van der Waals surface area contributed by atoms with Gasteiger partial charge >= 0.3 is 0 Å². The number of sulfonamides is 1. The first kappa shape index (κ1) is 22.9. The number of hydrogen-bond donors (Lipinski definition) is 2. The van der Waals surface area contributed by atoms with E-state index in [2.05, 4.69) is 24.9 Å². The molecule has 0 radical (unpaired) electrons. The Morgan fingerprint density at radius 2 is 1.61 bits per heavy atom. The van der Waals surface area contributed by atoms with Crippen LogP contribution in [0.3, 0.4) is 0 Å². The zero-order valence-electron chi connectivity index (χ0n) is 17.9. The van der Waals surface area contributed by atoms with Gasteiger partial charge in [-0.1, -0.05) is 0 Å². The van der Waals surface area contributed by atoms with Crippen LogP contribution in [0.15, 0.2) is 48.5 Å². The van der Waals surface area contributed by atoms with Crippen molar-refractivity contribution in [3.63, 3.8) is 0 Å². The summed E-state index contributed by atoms with van der Waals surface area (Å²) in [5, 5.41) is 3.13. The molecule has 1 aliphatic heterocycles. The first-order chi connectivity index (χ1) is 15.8. The van der Waals surface area contributed by atoms with Gasteiger partial charge in [0.25, 0.3) is 0 Å². The standard InChI is InChI=1S/C22H23F2N5O3S/c1-15-10-21(29-6-8-32-9-7-29)27-22(25-15)26-19-2-4-20(5-3-19)28-33(30,31)14-16-11-17(23)13-18(24)12-16/h2-5,10-13,28H,6-9,14H2,1H3,(H,25,26,27). The fourth-order valence-corrected chi connectivity index (χ4v) is 4.62. The first-order valence-corrected chi connectivity index (χ1v) is 11.9. The zero-order valence-corrected chi connectivity index (χ0v) is 18.7. The Hall–Kier alpha value is -3.31. The van der Waals surface area contributed by atoms with Crippen LogP contribution < -0.4 is 14.9 Å². The van der Waals surface area contributed by atoms with Gasteiger partial charge in [0.1, 0.15) is 17.5 Å². The summed E-state index contributed by atoms with van der Waals surface area (Å²) in [5.74, 6) is -0.968. The Morgan fingerprint density at radius 3 is 2.27 bits per heavy atom. The average Bonchev–Trinajstić information content (AvgIpc) is 2.74. The molecule has 0 amide bonds. The van der Waals surface area contributed by atoms with Crippen LogP contribution in [0.4, 0.5) is 31.9 Å². The van der Waals surface area contributed by atoms with Gasteiger partial charge in [0.2, 0.25) is 16.0 Å². The lowest BCUT2D eigenvalue weighted by molar-refractivity contribution is 0.122. The molecule has 0 unspecified atom stereocenters. The number of halogens is 2. The highest BCUT2D eigenvalue weighted by Crippen LogP contribution is 2.22. The highest BCUT2D eigenvalue weighted by atomic mass is 32.2. The lowest BCUT2D eigenvalue weighted by atomic mass is 10.2. The molecular weight excluding hydrogens is 452 g/mol. The second-order valence-electron chi connectivity index (χ2n) is 7.63. The third kappa shape index (κ3) is 6.36. The number of morpholine rings is 1. The smallest absolute Gasteiger partial charge is 0.236 e. The van der Waals surface area contributed by atoms with E-state index in [1.165, 1.54) is 0 Å². The summed E-state index contributed by atoms with van der Waals surface area (Å²) in [5.41, 5.74) is 1.82. The molecule has 1 aliphatic rings. The van der Waals surface area contributed by atoms with E-state index >= 15 is 0 Å². The molecule has 8 nitrogen and oxygen atoms in total. The highest BCUT2D eigenvalue weighted by Gasteiger charge is 2.15. The number of anilines is 4. The average molecular weight is 476 g/mol. The number of aromatic nitrogens is 2. The Labute approximate surface area is 190 Å². The SMILES string of the molecule is Cc1cc(N2CCOCC2)nc(Nc2ccc(NS(=O)(=O)Cc3cc(F)cc(F)c3)cc2)n1. The molecule has 0 bridgehead atoms. The molecule has 1 saturated heterocycles. The minimum Gasteiger partial charge on any atom is -0.378 e. The summed E-state index contributed by atoms with van der Waals surface area (Å²) < 4.78 is 59.2. The van der Waals surface area contributed by atoms with Gasteiger partial charge in [-0.2, -0.15) is 4.98 Å². The largest absolute Gasteiger partial charge is 0.378 e. The van der Waals surface area contributed by atoms with E-state index < -0.39 is 27.4 Å². The van der Waals surface area contributed by atoms with Crippen LogP contribution in [-0.2, 0) is 20.5 Å². The number of nitrogens with zero attached hydrogens (tertiary/aromatic N) is 3. The molecular formula is C22H23F2N5O3S. The lowest BCUT2D eigenvalue weighted by Gasteiger charge is -2.28. The van der Waals surface area contributed by atoms with Crippen LogP contribution in [0.1, 0.15) is 11.3 Å². The van der Waals surface area contributed by atoms with Gasteiger partial charge in [-0.25, -0.2) is 22.2 Å². The Bertz CT molecular complexity index is 1210. The zero-order chi connectivity index (χ0) is 23.4. The van der Waals surface area contributed by atoms with Gasteiger partial charge in [0.05, 0.1) is 19.0 Å². The summed E-state index contributed by atoms with van der Waals surface area (Å²) in [6.45, 7) is 4.70. The molecule has 0 atom stereocenters. The second kappa shape index (κ2) is 9.67. The van der Waals surface area contributed by atoms with E-state index in [9.17, 15) is 17.2 Å². The van der Waals surface area contributed by atoms with Crippen LogP contribution >= 0.6 is 0 Å². The summed E-state index contributed by atoms with van der Waals surface area (Å²) in [6, 6.07) is 11.1. The van der Waals surface area contributed by atoms with Gasteiger partial charge < -0.3 is 15.0 Å². The molecule has 3 aromatic rings. The predicted molar refractivity (Wildman–Crippen MR) is 122 cm³/mol. The summed E-state index contributed by atoms with van der Waals surface area (Å²) in [6.07, 6.45) is 0. The van der Waals surface area contributed by atoms with E-state index in [-0.39, 0.29) is 5.56 Å². The number of aryl methyl sites for hydroxylation is 1. The van der Waals surface area contributed by atoms with Crippen LogP contribution in [0.25, 0.3) is 0 Å². The lowest BCUT2D eigenvalue weighted by Crippen LogP contribution is -2.36. The minimum absolute atomic E-state index is 0.0194. The maximum absolute atomic E-state index is 13.3. The Morgan fingerprint density at radius 1 is 0.970 bits per heavy atom. The molecule has 0 saturated carbocycles. The van der Waals surface area contributed by atoms with Gasteiger partial charge in [-0.05, 0) is 48.9 Å². The monoisotopic (exact) mass is 475 g/mol. The van der Waals surface area contributed by atoms with Crippen molar-refractivity contribution in [1.29, 1.82) is 0 Å². The van der Waals surface area contributed by atoms with Crippen molar-refractivity contribution in [3.8, 4) is 0 Å². The van der Waals surface area contributed by atoms with Crippen molar-refractivity contribution in [2.24, 2.45) is 0 Å². The topological polar surface area (TPSA) is 96.5 Å². The van der Waals surface area contributed by atoms with Crippen molar-refractivity contribution >= 4 is 33.2 Å². The van der Waals surface area contributed by atoms with Crippen LogP contribution in [0.5, 0.6) is 0 Å². The van der Waals surface area contributed by atoms with E-state index in [1.54, 1.807) is 24.3 Å². The van der Waals surface area contributed by atoms with Crippen LogP contribution in [0.2, 0.25) is 0 Å². The van der Waals surface area contributed by atoms with Gasteiger partial charge in [-0.15, -0.1) is 0 Å². The molecule has 2 N–H and O–H groups in total. The van der Waals surface area contributed by atoms with Crippen LogP contribution in [0, 0.1) is 18.6 Å². The number of benzene rings is 2. The quantitative estimate of drug-likeness (QED) is 0.539.